The molecule has 1 N–H and O–H groups in total. The molecule has 46 heavy (non-hydrogen) atoms. The molecule has 1 saturated carbocycles. The molecule has 4 aromatic rings. The number of anilines is 1. The van der Waals surface area contributed by atoms with Crippen molar-refractivity contribution in [1.82, 2.24) is 24.3 Å². The Bertz CT molecular complexity index is 1690. The topological polar surface area (TPSA) is 92.6 Å². The first-order chi connectivity index (χ1) is 22.5. The molecule has 2 amide bonds. The zero-order valence-electron chi connectivity index (χ0n) is 25.9. The summed E-state index contributed by atoms with van der Waals surface area (Å²) in [4.78, 5) is 40.8. The highest BCUT2D eigenvalue weighted by Crippen LogP contribution is 2.39. The first kappa shape index (κ1) is 30.4. The highest BCUT2D eigenvalue weighted by molar-refractivity contribution is 6.30. The molecule has 0 spiro atoms. The third-order valence-corrected chi connectivity index (χ3v) is 9.74. The Morgan fingerprint density at radius 3 is 2.67 bits per heavy atom. The fourth-order valence-corrected chi connectivity index (χ4v) is 7.38. The summed E-state index contributed by atoms with van der Waals surface area (Å²) < 4.78 is 7.96. The highest BCUT2D eigenvalue weighted by Gasteiger charge is 2.42. The van der Waals surface area contributed by atoms with Crippen molar-refractivity contribution in [2.24, 2.45) is 0 Å². The van der Waals surface area contributed by atoms with E-state index in [1.807, 2.05) is 59.4 Å². The molecule has 2 aromatic heterocycles. The van der Waals surface area contributed by atoms with E-state index in [0.29, 0.717) is 30.3 Å². The number of carbonyl (C=O) groups excluding carboxylic acids is 2. The number of aromatic nitrogens is 3. The van der Waals surface area contributed by atoms with Crippen molar-refractivity contribution in [3.05, 3.63) is 112 Å². The van der Waals surface area contributed by atoms with E-state index in [4.69, 9.17) is 21.3 Å². The van der Waals surface area contributed by atoms with Crippen LogP contribution < -0.4 is 5.32 Å². The maximum absolute atomic E-state index is 14.4. The molecule has 1 saturated heterocycles. The van der Waals surface area contributed by atoms with Gasteiger partial charge in [0.15, 0.2) is 0 Å². The number of hydrogen-bond acceptors (Lipinski definition) is 6. The van der Waals surface area contributed by atoms with Crippen LogP contribution in [0.1, 0.15) is 66.1 Å². The van der Waals surface area contributed by atoms with Crippen LogP contribution in [-0.2, 0) is 28.9 Å². The standard InChI is InChI=1S/C36H39ClN6O3/c37-28-13-14-31-27(21-28)12-11-26-7-5-15-39-33(26)34(31)43-19-18-42(36(45)46-30-9-2-1-3-10-30)23-32(43)35(44)40-29-8-4-6-25(20-29)22-41-17-16-38-24-41/h4-8,13-17,20-21,24,30,32,34H,1-3,9-12,18-19,22-23H2,(H,40,44)/t32-,34-/m0/s1. The summed E-state index contributed by atoms with van der Waals surface area (Å²) in [5, 5.41) is 3.88. The summed E-state index contributed by atoms with van der Waals surface area (Å²) >= 11 is 6.48. The van der Waals surface area contributed by atoms with E-state index in [2.05, 4.69) is 27.3 Å². The predicted molar refractivity (Wildman–Crippen MR) is 177 cm³/mol. The number of pyridine rings is 1. The largest absolute Gasteiger partial charge is 0.446 e. The van der Waals surface area contributed by atoms with Crippen LogP contribution in [0, 0.1) is 0 Å². The van der Waals surface area contributed by atoms with Crippen molar-refractivity contribution < 1.29 is 14.3 Å². The van der Waals surface area contributed by atoms with Crippen LogP contribution in [0.3, 0.4) is 0 Å². The van der Waals surface area contributed by atoms with Crippen molar-refractivity contribution in [3.8, 4) is 0 Å². The molecule has 0 unspecified atom stereocenters. The number of benzene rings is 2. The Morgan fingerprint density at radius 2 is 1.83 bits per heavy atom. The van der Waals surface area contributed by atoms with Crippen molar-refractivity contribution in [1.29, 1.82) is 0 Å². The molecule has 1 aliphatic heterocycles. The number of halogens is 1. The van der Waals surface area contributed by atoms with Crippen LogP contribution in [0.4, 0.5) is 10.5 Å². The van der Waals surface area contributed by atoms with Crippen LogP contribution in [0.2, 0.25) is 5.02 Å². The monoisotopic (exact) mass is 638 g/mol. The van der Waals surface area contributed by atoms with Gasteiger partial charge in [0.25, 0.3) is 0 Å². The minimum atomic E-state index is -0.647. The maximum atomic E-state index is 14.4. The number of amides is 2. The van der Waals surface area contributed by atoms with Gasteiger partial charge < -0.3 is 19.5 Å². The minimum Gasteiger partial charge on any atom is -0.446 e. The van der Waals surface area contributed by atoms with E-state index in [9.17, 15) is 9.59 Å². The third-order valence-electron chi connectivity index (χ3n) is 9.50. The van der Waals surface area contributed by atoms with Crippen molar-refractivity contribution in [2.75, 3.05) is 25.0 Å². The van der Waals surface area contributed by atoms with Gasteiger partial charge in [-0.15, -0.1) is 0 Å². The number of aryl methyl sites for hydroxylation is 2. The van der Waals surface area contributed by atoms with Gasteiger partial charge in [-0.25, -0.2) is 9.78 Å². The second-order valence-corrected chi connectivity index (χ2v) is 13.0. The van der Waals surface area contributed by atoms with Gasteiger partial charge in [0, 0.05) is 55.5 Å². The zero-order chi connectivity index (χ0) is 31.5. The Morgan fingerprint density at radius 1 is 0.957 bits per heavy atom. The lowest BCUT2D eigenvalue weighted by atomic mass is 9.94. The van der Waals surface area contributed by atoms with E-state index in [1.54, 1.807) is 17.4 Å². The van der Waals surface area contributed by atoms with Crippen molar-refractivity contribution in [3.63, 3.8) is 0 Å². The van der Waals surface area contributed by atoms with Crippen LogP contribution in [0.15, 0.2) is 79.5 Å². The number of fused-ring (bicyclic) bond motifs is 2. The Balaban J connectivity index is 1.21. The molecule has 2 aliphatic carbocycles. The molecule has 238 valence electrons. The van der Waals surface area contributed by atoms with Crippen molar-refractivity contribution in [2.45, 2.75) is 69.7 Å². The second-order valence-electron chi connectivity index (χ2n) is 12.6. The summed E-state index contributed by atoms with van der Waals surface area (Å²) in [6.07, 6.45) is 13.7. The number of carbonyl (C=O) groups is 2. The molecule has 3 heterocycles. The van der Waals surface area contributed by atoms with E-state index in [0.717, 1.165) is 66.5 Å². The molecule has 3 aliphatic rings. The summed E-state index contributed by atoms with van der Waals surface area (Å²) in [7, 11) is 0. The van der Waals surface area contributed by atoms with Crippen molar-refractivity contribution >= 4 is 29.3 Å². The van der Waals surface area contributed by atoms with Gasteiger partial charge in [0.2, 0.25) is 5.91 Å². The summed E-state index contributed by atoms with van der Waals surface area (Å²) in [5.74, 6) is -0.174. The van der Waals surface area contributed by atoms with E-state index in [-0.39, 0.29) is 30.7 Å². The summed E-state index contributed by atoms with van der Waals surface area (Å²) in [6, 6.07) is 17.1. The van der Waals surface area contributed by atoms with E-state index in [1.165, 1.54) is 6.42 Å². The van der Waals surface area contributed by atoms with E-state index < -0.39 is 6.04 Å². The second kappa shape index (κ2) is 13.6. The molecule has 2 fully saturated rings. The molecular weight excluding hydrogens is 600 g/mol. The van der Waals surface area contributed by atoms with Gasteiger partial charge in [0.1, 0.15) is 12.1 Å². The molecule has 9 nitrogen and oxygen atoms in total. The van der Waals surface area contributed by atoms with Gasteiger partial charge in [-0.2, -0.15) is 0 Å². The fourth-order valence-electron chi connectivity index (χ4n) is 7.19. The average Bonchev–Trinajstić information content (AvgIpc) is 3.53. The number of ether oxygens (including phenoxy) is 1. The number of nitrogens with one attached hydrogen (secondary N) is 1. The van der Waals surface area contributed by atoms with Crippen LogP contribution in [0.25, 0.3) is 0 Å². The Labute approximate surface area is 274 Å². The average molecular weight is 639 g/mol. The number of rotatable bonds is 6. The molecule has 2 aromatic carbocycles. The fraction of sp³-hybridized carbons (Fsp3) is 0.389. The summed E-state index contributed by atoms with van der Waals surface area (Å²) in [6.45, 7) is 1.80. The molecule has 0 bridgehead atoms. The van der Waals surface area contributed by atoms with Crippen LogP contribution >= 0.6 is 11.6 Å². The molecule has 10 heteroatoms. The number of piperazine rings is 1. The molecule has 2 atom stereocenters. The predicted octanol–water partition coefficient (Wildman–Crippen LogP) is 6.26. The zero-order valence-corrected chi connectivity index (χ0v) is 26.6. The number of nitrogens with zero attached hydrogens (tertiary/aromatic N) is 5. The van der Waals surface area contributed by atoms with E-state index >= 15 is 0 Å². The van der Waals surface area contributed by atoms with Crippen LogP contribution in [0.5, 0.6) is 0 Å². The lowest BCUT2D eigenvalue weighted by Gasteiger charge is -2.44. The number of hydrogen-bond donors (Lipinski definition) is 1. The van der Waals surface area contributed by atoms with Crippen LogP contribution in [-0.4, -0.2) is 68.1 Å². The smallest absolute Gasteiger partial charge is 0.410 e. The van der Waals surface area contributed by atoms with Gasteiger partial charge in [0.05, 0.1) is 18.1 Å². The number of imidazole rings is 1. The minimum absolute atomic E-state index is 0.0562. The Hall–Kier alpha value is -4.21. The van der Waals surface area contributed by atoms with Gasteiger partial charge in [-0.05, 0) is 91.1 Å². The maximum Gasteiger partial charge on any atom is 0.410 e. The third kappa shape index (κ3) is 6.66. The summed E-state index contributed by atoms with van der Waals surface area (Å²) in [5.41, 5.74) is 6.10. The highest BCUT2D eigenvalue weighted by atomic mass is 35.5. The van der Waals surface area contributed by atoms with Gasteiger partial charge in [-0.1, -0.05) is 42.3 Å². The lowest BCUT2D eigenvalue weighted by molar-refractivity contribution is -0.124. The SMILES string of the molecule is O=C(Nc1cccc(Cn2ccnc2)c1)[C@@H]1CN(C(=O)OC2CCCCC2)CCN1[C@H]1c2ccc(Cl)cc2CCc2cccnc21. The lowest BCUT2D eigenvalue weighted by Crippen LogP contribution is -2.60. The first-order valence-corrected chi connectivity index (χ1v) is 16.7. The molecular formula is C36H39ClN6O3. The quantitative estimate of drug-likeness (QED) is 0.268. The normalized spacial score (nSPS) is 20.3. The molecule has 7 rings (SSSR count). The van der Waals surface area contributed by atoms with Gasteiger partial charge in [-0.3, -0.25) is 14.7 Å². The first-order valence-electron chi connectivity index (χ1n) is 16.3. The Kier molecular flexibility index (Phi) is 9.03. The van der Waals surface area contributed by atoms with Gasteiger partial charge >= 0.3 is 6.09 Å². The molecule has 0 radical (unpaired) electrons.